The van der Waals surface area contributed by atoms with Gasteiger partial charge in [0.1, 0.15) is 17.4 Å². The quantitative estimate of drug-likeness (QED) is 0.243. The molecular weight excluding hydrogens is 416 g/mol. The first-order chi connectivity index (χ1) is 15.5. The summed E-state index contributed by atoms with van der Waals surface area (Å²) in [6, 6.07) is 16.3. The summed E-state index contributed by atoms with van der Waals surface area (Å²) in [6.07, 6.45) is 0.686. The summed E-state index contributed by atoms with van der Waals surface area (Å²) < 4.78 is 63.3. The molecule has 160 valence electrons. The predicted octanol–water partition coefficient (Wildman–Crippen LogP) is 7.25. The van der Waals surface area contributed by atoms with Crippen LogP contribution in [-0.2, 0) is 0 Å². The van der Waals surface area contributed by atoms with Crippen molar-refractivity contribution in [1.29, 1.82) is 0 Å². The Morgan fingerprint density at radius 2 is 1.38 bits per heavy atom. The van der Waals surface area contributed by atoms with E-state index in [0.717, 1.165) is 29.8 Å². The molecule has 0 unspecified atom stereocenters. The largest absolute Gasteiger partial charge is 0.493 e. The number of fused-ring (bicyclic) bond motifs is 1. The fourth-order valence-corrected chi connectivity index (χ4v) is 3.44. The van der Waals surface area contributed by atoms with Crippen LogP contribution in [0.15, 0.2) is 66.7 Å². The second-order valence-corrected chi connectivity index (χ2v) is 7.20. The van der Waals surface area contributed by atoms with Gasteiger partial charge in [-0.1, -0.05) is 43.0 Å². The van der Waals surface area contributed by atoms with E-state index in [9.17, 15) is 17.6 Å². The third-order valence-electron chi connectivity index (χ3n) is 4.93. The molecule has 32 heavy (non-hydrogen) atoms. The molecule has 0 heterocycles. The van der Waals surface area contributed by atoms with Crippen LogP contribution in [0.1, 0.15) is 24.5 Å². The standard InChI is InChI=1S/C27H18F4O/c1-2-12-32-19-13-25(30)27(26(31)14-19)20-11-10-18(9-8-17-6-4-3-5-7-17)21-15-23(28)24(29)16-22(20)21/h3-7,10-11,13-16H,2,12H2,1H3. The highest BCUT2D eigenvalue weighted by molar-refractivity contribution is 6.00. The monoisotopic (exact) mass is 434 g/mol. The van der Waals surface area contributed by atoms with E-state index in [4.69, 9.17) is 4.74 Å². The van der Waals surface area contributed by atoms with E-state index < -0.39 is 23.3 Å². The van der Waals surface area contributed by atoms with Gasteiger partial charge in [0.05, 0.1) is 12.2 Å². The zero-order valence-corrected chi connectivity index (χ0v) is 17.2. The summed E-state index contributed by atoms with van der Waals surface area (Å²) in [5.74, 6) is 2.08. The molecule has 0 spiro atoms. The maximum absolute atomic E-state index is 14.9. The third kappa shape index (κ3) is 4.31. The Morgan fingerprint density at radius 1 is 0.719 bits per heavy atom. The lowest BCUT2D eigenvalue weighted by molar-refractivity contribution is 0.314. The number of ether oxygens (including phenoxy) is 1. The first-order valence-electron chi connectivity index (χ1n) is 10.1. The molecule has 4 aromatic rings. The van der Waals surface area contributed by atoms with Gasteiger partial charge in [0, 0.05) is 28.6 Å². The predicted molar refractivity (Wildman–Crippen MR) is 117 cm³/mol. The SMILES string of the molecule is CCCOc1cc(F)c(-c2ccc(C#Cc3ccccc3)c3cc(F)c(F)cc23)c(F)c1. The fraction of sp³-hybridized carbons (Fsp3) is 0.111. The van der Waals surface area contributed by atoms with Gasteiger partial charge in [-0.2, -0.15) is 0 Å². The van der Waals surface area contributed by atoms with Crippen molar-refractivity contribution in [3.8, 4) is 28.7 Å². The first kappa shape index (κ1) is 21.5. The Hall–Kier alpha value is -3.78. The first-order valence-corrected chi connectivity index (χ1v) is 10.1. The number of hydrogen-bond acceptors (Lipinski definition) is 1. The van der Waals surface area contributed by atoms with Crippen molar-refractivity contribution in [2.75, 3.05) is 6.61 Å². The van der Waals surface area contributed by atoms with Crippen LogP contribution in [0, 0.1) is 35.1 Å². The van der Waals surface area contributed by atoms with Crippen molar-refractivity contribution in [3.63, 3.8) is 0 Å². The van der Waals surface area contributed by atoms with Crippen molar-refractivity contribution < 1.29 is 22.3 Å². The van der Waals surface area contributed by atoms with Gasteiger partial charge in [0.25, 0.3) is 0 Å². The molecule has 0 atom stereocenters. The molecule has 5 heteroatoms. The molecule has 0 N–H and O–H groups in total. The molecule has 0 fully saturated rings. The molecule has 0 bridgehead atoms. The average Bonchev–Trinajstić information content (AvgIpc) is 2.78. The zero-order valence-electron chi connectivity index (χ0n) is 17.2. The Balaban J connectivity index is 1.89. The lowest BCUT2D eigenvalue weighted by Crippen LogP contribution is -1.99. The van der Waals surface area contributed by atoms with E-state index in [1.165, 1.54) is 6.07 Å². The van der Waals surface area contributed by atoms with Crippen LogP contribution in [-0.4, -0.2) is 6.61 Å². The van der Waals surface area contributed by atoms with E-state index >= 15 is 0 Å². The minimum atomic E-state index is -1.12. The van der Waals surface area contributed by atoms with Crippen molar-refractivity contribution in [2.24, 2.45) is 0 Å². The molecule has 0 saturated heterocycles. The van der Waals surface area contributed by atoms with Gasteiger partial charge in [0.15, 0.2) is 11.6 Å². The molecular formula is C27H18F4O. The van der Waals surface area contributed by atoms with Crippen molar-refractivity contribution in [3.05, 3.63) is 101 Å². The van der Waals surface area contributed by atoms with E-state index in [-0.39, 0.29) is 27.6 Å². The van der Waals surface area contributed by atoms with Crippen LogP contribution in [0.2, 0.25) is 0 Å². The summed E-state index contributed by atoms with van der Waals surface area (Å²) in [5, 5.41) is 0.415. The highest BCUT2D eigenvalue weighted by Crippen LogP contribution is 2.36. The minimum Gasteiger partial charge on any atom is -0.493 e. The number of halogens is 4. The zero-order chi connectivity index (χ0) is 22.7. The normalized spacial score (nSPS) is 10.7. The smallest absolute Gasteiger partial charge is 0.159 e. The lowest BCUT2D eigenvalue weighted by atomic mass is 9.94. The summed E-state index contributed by atoms with van der Waals surface area (Å²) in [4.78, 5) is 0. The molecule has 1 nitrogen and oxygen atoms in total. The average molecular weight is 434 g/mol. The van der Waals surface area contributed by atoms with Crippen molar-refractivity contribution in [2.45, 2.75) is 13.3 Å². The van der Waals surface area contributed by atoms with Crippen LogP contribution in [0.5, 0.6) is 5.75 Å². The molecule has 0 saturated carbocycles. The van der Waals surface area contributed by atoms with Crippen LogP contribution < -0.4 is 4.74 Å². The van der Waals surface area contributed by atoms with Crippen molar-refractivity contribution in [1.82, 2.24) is 0 Å². The number of benzene rings is 4. The Kier molecular flexibility index (Phi) is 6.13. The summed E-state index contributed by atoms with van der Waals surface area (Å²) in [5.41, 5.74) is 0.913. The topological polar surface area (TPSA) is 9.23 Å². The van der Waals surface area contributed by atoms with Gasteiger partial charge in [-0.15, -0.1) is 0 Å². The van der Waals surface area contributed by atoms with Crippen molar-refractivity contribution >= 4 is 10.8 Å². The van der Waals surface area contributed by atoms with Gasteiger partial charge in [-0.25, -0.2) is 17.6 Å². The summed E-state index contributed by atoms with van der Waals surface area (Å²) >= 11 is 0. The number of hydrogen-bond donors (Lipinski definition) is 0. The number of rotatable bonds is 4. The summed E-state index contributed by atoms with van der Waals surface area (Å²) in [6.45, 7) is 2.20. The molecule has 0 aliphatic rings. The van der Waals surface area contributed by atoms with Gasteiger partial charge in [-0.3, -0.25) is 0 Å². The van der Waals surface area contributed by atoms with Crippen LogP contribution in [0.25, 0.3) is 21.9 Å². The van der Waals surface area contributed by atoms with E-state index in [2.05, 4.69) is 11.8 Å². The Morgan fingerprint density at radius 3 is 2.03 bits per heavy atom. The Labute approximate surface area is 183 Å². The molecule has 4 rings (SSSR count). The molecule has 0 radical (unpaired) electrons. The highest BCUT2D eigenvalue weighted by atomic mass is 19.2. The van der Waals surface area contributed by atoms with Gasteiger partial charge >= 0.3 is 0 Å². The lowest BCUT2D eigenvalue weighted by Gasteiger charge is -2.13. The second kappa shape index (κ2) is 9.15. The minimum absolute atomic E-state index is 0.0671. The van der Waals surface area contributed by atoms with E-state index in [1.54, 1.807) is 6.07 Å². The maximum atomic E-state index is 14.9. The maximum Gasteiger partial charge on any atom is 0.159 e. The van der Waals surface area contributed by atoms with Gasteiger partial charge in [0.2, 0.25) is 0 Å². The third-order valence-corrected chi connectivity index (χ3v) is 4.93. The van der Waals surface area contributed by atoms with Crippen LogP contribution >= 0.6 is 0 Å². The summed E-state index contributed by atoms with van der Waals surface area (Å²) in [7, 11) is 0. The van der Waals surface area contributed by atoms with E-state index in [0.29, 0.717) is 18.6 Å². The molecule has 0 aliphatic carbocycles. The van der Waals surface area contributed by atoms with Gasteiger partial charge < -0.3 is 4.74 Å². The van der Waals surface area contributed by atoms with E-state index in [1.807, 2.05) is 37.3 Å². The fourth-order valence-electron chi connectivity index (χ4n) is 3.44. The van der Waals surface area contributed by atoms with Gasteiger partial charge in [-0.05, 0) is 47.7 Å². The molecule has 0 aromatic heterocycles. The highest BCUT2D eigenvalue weighted by Gasteiger charge is 2.19. The molecule has 0 aliphatic heterocycles. The molecule has 4 aromatic carbocycles. The van der Waals surface area contributed by atoms with Crippen LogP contribution in [0.3, 0.4) is 0 Å². The Bertz CT molecular complexity index is 1330. The molecule has 0 amide bonds. The second-order valence-electron chi connectivity index (χ2n) is 7.20. The van der Waals surface area contributed by atoms with Crippen LogP contribution in [0.4, 0.5) is 17.6 Å².